The maximum absolute atomic E-state index is 13.4. The zero-order valence-corrected chi connectivity index (χ0v) is 45.8. The molecule has 1 heterocycles. The number of esters is 1. The van der Waals surface area contributed by atoms with Gasteiger partial charge in [0, 0.05) is 6.42 Å². The highest BCUT2D eigenvalue weighted by Crippen LogP contribution is 2.26. The molecule has 0 radical (unpaired) electrons. The van der Waals surface area contributed by atoms with E-state index in [1.165, 1.54) is 96.3 Å². The van der Waals surface area contributed by atoms with E-state index in [1.54, 1.807) is 6.08 Å². The maximum Gasteiger partial charge on any atom is 0.306 e. The van der Waals surface area contributed by atoms with Crippen molar-refractivity contribution >= 4 is 11.9 Å². The van der Waals surface area contributed by atoms with Crippen molar-refractivity contribution in [2.75, 3.05) is 13.2 Å². The normalized spacial score (nSPS) is 20.0. The molecule has 0 saturated carbocycles. The number of carbonyl (C=O) groups is 2. The van der Waals surface area contributed by atoms with Crippen LogP contribution in [-0.2, 0) is 23.8 Å². The van der Waals surface area contributed by atoms with Crippen molar-refractivity contribution in [2.24, 2.45) is 0 Å². The molecule has 72 heavy (non-hydrogen) atoms. The van der Waals surface area contributed by atoms with Gasteiger partial charge >= 0.3 is 5.97 Å². The highest BCUT2D eigenvalue weighted by Gasteiger charge is 2.47. The predicted molar refractivity (Wildman–Crippen MR) is 296 cm³/mol. The van der Waals surface area contributed by atoms with Gasteiger partial charge in [-0.15, -0.1) is 0 Å². The van der Waals surface area contributed by atoms with E-state index in [9.17, 15) is 35.1 Å². The molecule has 6 N–H and O–H groups in total. The van der Waals surface area contributed by atoms with Gasteiger partial charge in [-0.1, -0.05) is 216 Å². The molecule has 0 aromatic carbocycles. The van der Waals surface area contributed by atoms with Gasteiger partial charge in [0.05, 0.1) is 25.4 Å². The van der Waals surface area contributed by atoms with Crippen molar-refractivity contribution < 1.29 is 49.3 Å². The van der Waals surface area contributed by atoms with Crippen LogP contribution in [0.1, 0.15) is 239 Å². The summed E-state index contributed by atoms with van der Waals surface area (Å²) in [5.74, 6) is -1.23. The number of unbranched alkanes of at least 4 members (excludes halogenated alkanes) is 24. The Labute approximate surface area is 439 Å². The van der Waals surface area contributed by atoms with Crippen molar-refractivity contribution in [3.05, 3.63) is 72.9 Å². The van der Waals surface area contributed by atoms with Crippen LogP contribution in [0.25, 0.3) is 0 Å². The summed E-state index contributed by atoms with van der Waals surface area (Å²) in [7, 11) is 0. The highest BCUT2D eigenvalue weighted by molar-refractivity contribution is 5.80. The molecule has 1 saturated heterocycles. The van der Waals surface area contributed by atoms with E-state index in [0.29, 0.717) is 12.8 Å². The summed E-state index contributed by atoms with van der Waals surface area (Å²) in [6.07, 6.45) is 50.9. The van der Waals surface area contributed by atoms with Crippen molar-refractivity contribution in [3.8, 4) is 0 Å². The van der Waals surface area contributed by atoms with Crippen molar-refractivity contribution in [3.63, 3.8) is 0 Å². The first-order chi connectivity index (χ1) is 35.2. The summed E-state index contributed by atoms with van der Waals surface area (Å²) in [6, 6.07) is -1.03. The number of allylic oxidation sites excluding steroid dienone is 11. The van der Waals surface area contributed by atoms with Crippen molar-refractivity contribution in [1.82, 2.24) is 5.32 Å². The molecule has 1 amide bonds. The van der Waals surface area contributed by atoms with E-state index in [-0.39, 0.29) is 19.4 Å². The van der Waals surface area contributed by atoms with Crippen molar-refractivity contribution in [1.29, 1.82) is 0 Å². The lowest BCUT2D eigenvalue weighted by Gasteiger charge is -2.41. The molecule has 8 atom stereocenters. The summed E-state index contributed by atoms with van der Waals surface area (Å²) in [6.45, 7) is 5.61. The number of nitrogens with one attached hydrogen (secondary N) is 1. The number of hydrogen-bond donors (Lipinski definition) is 6. The molecule has 1 aliphatic heterocycles. The fourth-order valence-corrected chi connectivity index (χ4v) is 8.69. The number of carbonyl (C=O) groups excluding carboxylic acids is 2. The summed E-state index contributed by atoms with van der Waals surface area (Å²) in [5.41, 5.74) is 0. The highest BCUT2D eigenvalue weighted by atomic mass is 16.7. The van der Waals surface area contributed by atoms with Crippen LogP contribution in [0.2, 0.25) is 0 Å². The van der Waals surface area contributed by atoms with Gasteiger partial charge < -0.3 is 45.1 Å². The first-order valence-corrected chi connectivity index (χ1v) is 29.2. The van der Waals surface area contributed by atoms with E-state index in [0.717, 1.165) is 96.3 Å². The molecule has 0 aromatic rings. The van der Waals surface area contributed by atoms with Crippen LogP contribution in [0.15, 0.2) is 72.9 Å². The second-order valence-corrected chi connectivity index (χ2v) is 20.0. The Bertz CT molecular complexity index is 1440. The van der Waals surface area contributed by atoms with Gasteiger partial charge in [0.2, 0.25) is 5.91 Å². The molecule has 0 aromatic heterocycles. The van der Waals surface area contributed by atoms with Gasteiger partial charge in [0.1, 0.15) is 24.4 Å². The third-order valence-electron chi connectivity index (χ3n) is 13.3. The molecular formula is C61H107NO10. The standard InChI is InChI=1S/C61H107NO10/c1-4-7-10-13-16-19-22-24-26-27-28-29-30-33-36-39-42-45-48-54(65)60(69)62-52(53(64)47-44-41-38-35-32-21-18-15-12-9-6-3)51-70-61-59(58(68)57(67)55(50-63)71-61)72-56(66)49-46-43-40-37-34-31-25-23-20-17-14-11-8-5-2/h8,11,16-17,19-20,24-26,31,44,47,52-55,57-59,61,63-65,67-68H,4-7,9-10,12-15,18,21-23,27-30,32-43,45-46,48-51H2,1-3H3,(H,62,69)/b11-8+,19-16-,20-17+,26-24-,31-25+,47-44+. The molecule has 8 unspecified atom stereocenters. The minimum Gasteiger partial charge on any atom is -0.454 e. The number of amides is 1. The number of rotatable bonds is 48. The van der Waals surface area contributed by atoms with Gasteiger partial charge in [-0.25, -0.2) is 0 Å². The van der Waals surface area contributed by atoms with Gasteiger partial charge in [-0.05, 0) is 89.9 Å². The lowest BCUT2D eigenvalue weighted by atomic mass is 9.99. The second kappa shape index (κ2) is 49.0. The minimum atomic E-state index is -1.62. The molecule has 0 aliphatic carbocycles. The third-order valence-corrected chi connectivity index (χ3v) is 13.3. The number of hydrogen-bond acceptors (Lipinski definition) is 10. The number of ether oxygens (including phenoxy) is 3. The average molecular weight is 1010 g/mol. The van der Waals surface area contributed by atoms with E-state index in [4.69, 9.17) is 14.2 Å². The molecule has 1 fully saturated rings. The van der Waals surface area contributed by atoms with Crippen LogP contribution in [0, 0.1) is 0 Å². The van der Waals surface area contributed by atoms with Crippen LogP contribution in [0.4, 0.5) is 0 Å². The molecule has 0 spiro atoms. The predicted octanol–water partition coefficient (Wildman–Crippen LogP) is 13.2. The summed E-state index contributed by atoms with van der Waals surface area (Å²) < 4.78 is 17.5. The van der Waals surface area contributed by atoms with Crippen molar-refractivity contribution in [2.45, 2.75) is 288 Å². The molecule has 1 rings (SSSR count). The smallest absolute Gasteiger partial charge is 0.306 e. The van der Waals surface area contributed by atoms with Crippen LogP contribution in [0.3, 0.4) is 0 Å². The fraction of sp³-hybridized carbons (Fsp3) is 0.770. The van der Waals surface area contributed by atoms with E-state index in [1.807, 2.05) is 6.08 Å². The summed E-state index contributed by atoms with van der Waals surface area (Å²) >= 11 is 0. The fourth-order valence-electron chi connectivity index (χ4n) is 8.69. The Morgan fingerprint density at radius 2 is 1.00 bits per heavy atom. The lowest BCUT2D eigenvalue weighted by Crippen LogP contribution is -2.61. The summed E-state index contributed by atoms with van der Waals surface area (Å²) in [4.78, 5) is 26.4. The molecule has 0 bridgehead atoms. The van der Waals surface area contributed by atoms with Gasteiger partial charge in [-0.3, -0.25) is 9.59 Å². The maximum atomic E-state index is 13.4. The van der Waals surface area contributed by atoms with Crippen LogP contribution < -0.4 is 5.32 Å². The van der Waals surface area contributed by atoms with Crippen LogP contribution in [-0.4, -0.2) is 99.6 Å². The van der Waals surface area contributed by atoms with E-state index < -0.39 is 67.4 Å². The molecule has 416 valence electrons. The molecule has 11 heteroatoms. The first-order valence-electron chi connectivity index (χ1n) is 29.2. The van der Waals surface area contributed by atoms with Gasteiger partial charge in [-0.2, -0.15) is 0 Å². The van der Waals surface area contributed by atoms with E-state index in [2.05, 4.69) is 86.8 Å². The monoisotopic (exact) mass is 1010 g/mol. The Morgan fingerprint density at radius 3 is 1.53 bits per heavy atom. The molecular weight excluding hydrogens is 907 g/mol. The molecule has 1 aliphatic rings. The second-order valence-electron chi connectivity index (χ2n) is 20.0. The Kier molecular flexibility index (Phi) is 45.7. The van der Waals surface area contributed by atoms with Gasteiger partial charge in [0.15, 0.2) is 12.4 Å². The Morgan fingerprint density at radius 1 is 0.556 bits per heavy atom. The van der Waals surface area contributed by atoms with E-state index >= 15 is 0 Å². The average Bonchev–Trinajstić information content (AvgIpc) is 3.38. The molecule has 11 nitrogen and oxygen atoms in total. The first kappa shape index (κ1) is 67.1. The topological polar surface area (TPSA) is 175 Å². The Balaban J connectivity index is 2.72. The SMILES string of the molecule is CC/C=C/C/C=C/C/C=C/CCCCCCC(=O)OC1C(OCC(NC(=O)C(O)CCCCCCCCCC/C=C\C/C=C\CCCCC)C(O)/C=C/CCCCCCCCCCC)OC(CO)C(O)C1O. The zero-order valence-electron chi connectivity index (χ0n) is 45.8. The van der Waals surface area contributed by atoms with Crippen LogP contribution in [0.5, 0.6) is 0 Å². The number of aliphatic hydroxyl groups excluding tert-OH is 5. The van der Waals surface area contributed by atoms with Gasteiger partial charge in [0.25, 0.3) is 0 Å². The Hall–Kier alpha value is -2.90. The lowest BCUT2D eigenvalue weighted by molar-refractivity contribution is -0.305. The summed E-state index contributed by atoms with van der Waals surface area (Å²) in [5, 5.41) is 56.8. The van der Waals surface area contributed by atoms with Crippen LogP contribution >= 0.6 is 0 Å². The minimum absolute atomic E-state index is 0.0948. The third kappa shape index (κ3) is 36.9. The number of aliphatic hydroxyl groups is 5. The zero-order chi connectivity index (χ0) is 52.5. The largest absolute Gasteiger partial charge is 0.454 e. The quantitative estimate of drug-likeness (QED) is 0.0195.